The van der Waals surface area contributed by atoms with Gasteiger partial charge in [-0.1, -0.05) is 73.3 Å². The second kappa shape index (κ2) is 18.0. The largest absolute Gasteiger partial charge is 0.504 e. The van der Waals surface area contributed by atoms with Crippen LogP contribution in [0.15, 0.2) is 101 Å². The number of ether oxygens (including phenoxy) is 1. The fraction of sp³-hybridized carbons (Fsp3) is 0.333. The number of thioether (sulfide) groups is 1. The van der Waals surface area contributed by atoms with Crippen LogP contribution >= 0.6 is 11.8 Å². The highest BCUT2D eigenvalue weighted by Gasteiger charge is 2.18. The summed E-state index contributed by atoms with van der Waals surface area (Å²) < 4.78 is 5.75. The van der Waals surface area contributed by atoms with Crippen molar-refractivity contribution >= 4 is 40.5 Å². The zero-order chi connectivity index (χ0) is 33.6. The van der Waals surface area contributed by atoms with Crippen LogP contribution in [0, 0.1) is 5.92 Å². The molecule has 0 spiro atoms. The van der Waals surface area contributed by atoms with E-state index in [1.807, 2.05) is 44.2 Å². The highest BCUT2D eigenvalue weighted by atomic mass is 32.2. The number of aromatic hydroxyl groups is 1. The van der Waals surface area contributed by atoms with Crippen molar-refractivity contribution in [2.75, 3.05) is 24.6 Å². The van der Waals surface area contributed by atoms with Gasteiger partial charge in [-0.05, 0) is 104 Å². The molecule has 0 aliphatic heterocycles. The molecule has 2 aromatic rings. The summed E-state index contributed by atoms with van der Waals surface area (Å²) in [6, 6.07) is 14.3. The van der Waals surface area contributed by atoms with E-state index in [9.17, 15) is 14.7 Å². The number of aliphatic carboxylic acids is 1. The number of amides is 1. The number of rotatable bonds is 15. The third kappa shape index (κ3) is 10.5. The van der Waals surface area contributed by atoms with Crippen LogP contribution in [0.3, 0.4) is 0 Å². The highest BCUT2D eigenvalue weighted by Crippen LogP contribution is 2.35. The first-order chi connectivity index (χ1) is 22.8. The normalized spacial score (nSPS) is 16.6. The number of phenolic OH excluding ortho intramolecular Hbond substituents is 1. The van der Waals surface area contributed by atoms with Gasteiger partial charge in [-0.25, -0.2) is 0 Å². The molecule has 0 radical (unpaired) electrons. The van der Waals surface area contributed by atoms with E-state index in [2.05, 4.69) is 65.0 Å². The minimum Gasteiger partial charge on any atom is -0.504 e. The van der Waals surface area contributed by atoms with Gasteiger partial charge in [0, 0.05) is 30.3 Å². The molecule has 2 aliphatic rings. The summed E-state index contributed by atoms with van der Waals surface area (Å²) in [5.74, 6) is -0.614. The summed E-state index contributed by atoms with van der Waals surface area (Å²) in [5, 5.41) is 25.0. The number of nitrogens with one attached hydrogen (secondary N) is 1. The van der Waals surface area contributed by atoms with E-state index in [-0.39, 0.29) is 30.5 Å². The predicted octanol–water partition coefficient (Wildman–Crippen LogP) is 8.86. The Bertz CT molecular complexity index is 1580. The van der Waals surface area contributed by atoms with Crippen molar-refractivity contribution < 1.29 is 24.5 Å². The van der Waals surface area contributed by atoms with E-state index in [0.717, 1.165) is 41.1 Å². The van der Waals surface area contributed by atoms with Gasteiger partial charge >= 0.3 is 5.97 Å². The van der Waals surface area contributed by atoms with Crippen molar-refractivity contribution in [1.82, 2.24) is 5.32 Å². The Labute approximate surface area is 283 Å². The highest BCUT2D eigenvalue weighted by molar-refractivity contribution is 8.06. The fourth-order valence-corrected chi connectivity index (χ4v) is 6.26. The Morgan fingerprint density at radius 3 is 2.64 bits per heavy atom. The first-order valence-electron chi connectivity index (χ1n) is 16.4. The maximum Gasteiger partial charge on any atom is 0.305 e. The molecule has 1 amide bonds. The van der Waals surface area contributed by atoms with Gasteiger partial charge in [0.25, 0.3) is 5.91 Å². The van der Waals surface area contributed by atoms with Crippen LogP contribution in [-0.2, 0) is 9.59 Å². The molecule has 0 fully saturated rings. The second-order valence-electron chi connectivity index (χ2n) is 11.6. The summed E-state index contributed by atoms with van der Waals surface area (Å²) in [4.78, 5) is 25.8. The van der Waals surface area contributed by atoms with Crippen molar-refractivity contribution in [3.8, 4) is 11.5 Å². The first-order valence-corrected chi connectivity index (χ1v) is 17.3. The Kier molecular flexibility index (Phi) is 13.6. The van der Waals surface area contributed by atoms with Crippen molar-refractivity contribution in [3.05, 3.63) is 112 Å². The number of hydrogen-bond donors (Lipinski definition) is 3. The standard InChI is InChI=1S/C39H46N2O5S/c1-4-24-46-36-25-33(18-21-35(36)42)28(3)27-47-37(5-2)41(34-19-16-31(17-20-34)30-11-7-6-8-12-30)26-29-10-9-13-32(15-14-29)39(45)40-23-22-38(43)44/h5,9-11,13-21,25,27,29,42H,4,6-8,12,22-24,26H2,1-3H3,(H,40,45)(H,43,44)/b28-27+,37-5+. The summed E-state index contributed by atoms with van der Waals surface area (Å²) in [5.41, 5.74) is 6.27. The SMILES string of the molecule is C/C=C(/S/C=C(\C)c1ccc(O)c(OCCC)c1)N(CC1C=CC=C(C(=O)NCCC(=O)O)C=C1)c1ccc(C2=CCCCC2)cc1. The quantitative estimate of drug-likeness (QED) is 0.176. The lowest BCUT2D eigenvalue weighted by Gasteiger charge is -2.29. The molecular formula is C39H46N2O5S. The van der Waals surface area contributed by atoms with E-state index in [4.69, 9.17) is 9.84 Å². The molecule has 0 heterocycles. The zero-order valence-corrected chi connectivity index (χ0v) is 28.4. The maximum absolute atomic E-state index is 12.6. The summed E-state index contributed by atoms with van der Waals surface area (Å²) in [6.07, 6.45) is 19.5. The monoisotopic (exact) mass is 654 g/mol. The molecule has 248 valence electrons. The van der Waals surface area contributed by atoms with Crippen LogP contribution in [0.2, 0.25) is 0 Å². The molecule has 1 unspecified atom stereocenters. The molecule has 2 aromatic carbocycles. The molecule has 0 bridgehead atoms. The molecule has 8 heteroatoms. The summed E-state index contributed by atoms with van der Waals surface area (Å²) in [7, 11) is 0. The molecule has 3 N–H and O–H groups in total. The number of carbonyl (C=O) groups is 2. The van der Waals surface area contributed by atoms with Crippen LogP contribution in [0.4, 0.5) is 5.69 Å². The number of phenols is 1. The number of allylic oxidation sites excluding steroid dienone is 6. The number of nitrogens with zero attached hydrogens (tertiary/aromatic N) is 1. The number of benzene rings is 2. The average molecular weight is 655 g/mol. The lowest BCUT2D eigenvalue weighted by atomic mass is 9.93. The van der Waals surface area contributed by atoms with E-state index in [1.165, 1.54) is 24.0 Å². The van der Waals surface area contributed by atoms with Gasteiger partial charge in [0.1, 0.15) is 0 Å². The smallest absolute Gasteiger partial charge is 0.305 e. The molecule has 7 nitrogen and oxygen atoms in total. The summed E-state index contributed by atoms with van der Waals surface area (Å²) in [6.45, 7) is 7.39. The number of anilines is 1. The molecule has 0 saturated carbocycles. The number of carboxylic acid groups (broad SMARTS) is 1. The minimum absolute atomic E-state index is 0.00676. The van der Waals surface area contributed by atoms with Crippen LogP contribution in [0.1, 0.15) is 70.4 Å². The molecule has 2 aliphatic carbocycles. The molecule has 47 heavy (non-hydrogen) atoms. The minimum atomic E-state index is -0.948. The van der Waals surface area contributed by atoms with Gasteiger partial charge in [0.05, 0.1) is 18.1 Å². The molecule has 0 saturated heterocycles. The predicted molar refractivity (Wildman–Crippen MR) is 194 cm³/mol. The fourth-order valence-electron chi connectivity index (χ4n) is 5.39. The second-order valence-corrected chi connectivity index (χ2v) is 12.5. The van der Waals surface area contributed by atoms with Gasteiger partial charge in [-0.15, -0.1) is 0 Å². The Hall–Kier alpha value is -4.43. The lowest BCUT2D eigenvalue weighted by molar-refractivity contribution is -0.136. The Balaban J connectivity index is 1.56. The van der Waals surface area contributed by atoms with Crippen LogP contribution in [-0.4, -0.2) is 41.8 Å². The van der Waals surface area contributed by atoms with Crippen LogP contribution < -0.4 is 15.0 Å². The maximum atomic E-state index is 12.6. The summed E-state index contributed by atoms with van der Waals surface area (Å²) >= 11 is 1.64. The van der Waals surface area contributed by atoms with Crippen LogP contribution in [0.5, 0.6) is 11.5 Å². The zero-order valence-electron chi connectivity index (χ0n) is 27.6. The first kappa shape index (κ1) is 35.4. The topological polar surface area (TPSA) is 99.1 Å². The van der Waals surface area contributed by atoms with Gasteiger partial charge in [-0.3, -0.25) is 9.59 Å². The van der Waals surface area contributed by atoms with Gasteiger partial charge in [0.15, 0.2) is 11.5 Å². The molecule has 1 atom stereocenters. The van der Waals surface area contributed by atoms with Gasteiger partial charge < -0.3 is 25.2 Å². The third-order valence-corrected chi connectivity index (χ3v) is 9.19. The van der Waals surface area contributed by atoms with Crippen molar-refractivity contribution in [1.29, 1.82) is 0 Å². The average Bonchev–Trinajstić information content (AvgIpc) is 3.33. The number of hydrogen-bond acceptors (Lipinski definition) is 6. The van der Waals surface area contributed by atoms with Crippen molar-refractivity contribution in [2.24, 2.45) is 5.92 Å². The number of carbonyl (C=O) groups excluding carboxylic acids is 1. The van der Waals surface area contributed by atoms with Gasteiger partial charge in [0.2, 0.25) is 0 Å². The van der Waals surface area contributed by atoms with Crippen molar-refractivity contribution in [2.45, 2.75) is 59.3 Å². The van der Waals surface area contributed by atoms with E-state index in [0.29, 0.717) is 24.5 Å². The molecule has 0 aromatic heterocycles. The Morgan fingerprint density at radius 1 is 1.13 bits per heavy atom. The number of carboxylic acids is 1. The third-order valence-electron chi connectivity index (χ3n) is 8.02. The van der Waals surface area contributed by atoms with E-state index < -0.39 is 5.97 Å². The van der Waals surface area contributed by atoms with Gasteiger partial charge in [-0.2, -0.15) is 0 Å². The van der Waals surface area contributed by atoms with Crippen molar-refractivity contribution in [3.63, 3.8) is 0 Å². The Morgan fingerprint density at radius 2 is 1.94 bits per heavy atom. The molecular weight excluding hydrogens is 609 g/mol. The molecule has 4 rings (SSSR count). The van der Waals surface area contributed by atoms with Crippen LogP contribution in [0.25, 0.3) is 11.1 Å². The lowest BCUT2D eigenvalue weighted by Crippen LogP contribution is -2.27. The van der Waals surface area contributed by atoms with E-state index in [1.54, 1.807) is 23.9 Å². The van der Waals surface area contributed by atoms with E-state index >= 15 is 0 Å².